The summed E-state index contributed by atoms with van der Waals surface area (Å²) in [5.41, 5.74) is 1.06. The van der Waals surface area contributed by atoms with Gasteiger partial charge in [0.15, 0.2) is 0 Å². The lowest BCUT2D eigenvalue weighted by Crippen LogP contribution is -3.11. The van der Waals surface area contributed by atoms with Crippen molar-refractivity contribution in [3.63, 3.8) is 0 Å². The molecule has 1 saturated heterocycles. The third-order valence-corrected chi connectivity index (χ3v) is 5.83. The lowest BCUT2D eigenvalue weighted by atomic mass is 9.96. The molecule has 1 aliphatic heterocycles. The highest BCUT2D eigenvalue weighted by Gasteiger charge is 2.43. The van der Waals surface area contributed by atoms with Gasteiger partial charge < -0.3 is 19.6 Å². The summed E-state index contributed by atoms with van der Waals surface area (Å²) in [6.45, 7) is 7.58. The van der Waals surface area contributed by atoms with Gasteiger partial charge in [-0.2, -0.15) is 0 Å². The number of hydrogen-bond acceptors (Lipinski definition) is 5. The quantitative estimate of drug-likeness (QED) is 0.363. The molecule has 31 heavy (non-hydrogen) atoms. The molecule has 7 nitrogen and oxygen atoms in total. The van der Waals surface area contributed by atoms with Gasteiger partial charge in [0.1, 0.15) is 5.75 Å². The van der Waals surface area contributed by atoms with Gasteiger partial charge in [0.2, 0.25) is 5.78 Å². The van der Waals surface area contributed by atoms with E-state index in [0.717, 1.165) is 26.1 Å². The molecule has 0 spiro atoms. The monoisotopic (exact) mass is 423 g/mol. The molecule has 1 fully saturated rings. The molecule has 1 unspecified atom stereocenters. The van der Waals surface area contributed by atoms with Crippen LogP contribution in [0, 0.1) is 0 Å². The number of quaternary nitrogens is 1. The van der Waals surface area contributed by atoms with Crippen LogP contribution in [-0.4, -0.2) is 54.9 Å². The Bertz CT molecular complexity index is 937. The highest BCUT2D eigenvalue weighted by molar-refractivity contribution is 6.46. The van der Waals surface area contributed by atoms with E-state index in [1.165, 1.54) is 9.80 Å². The van der Waals surface area contributed by atoms with E-state index in [2.05, 4.69) is 18.8 Å². The number of benzene rings is 1. The first-order valence-corrected chi connectivity index (χ1v) is 10.7. The predicted molar refractivity (Wildman–Crippen MR) is 115 cm³/mol. The van der Waals surface area contributed by atoms with Crippen LogP contribution in [-0.2, 0) is 9.59 Å². The lowest BCUT2D eigenvalue weighted by Gasteiger charge is -2.28. The van der Waals surface area contributed by atoms with Crippen LogP contribution in [0.4, 0.5) is 0 Å². The Morgan fingerprint density at radius 1 is 1.10 bits per heavy atom. The summed E-state index contributed by atoms with van der Waals surface area (Å²) < 4.78 is 5.15. The van der Waals surface area contributed by atoms with Crippen molar-refractivity contribution in [2.45, 2.75) is 26.3 Å². The fourth-order valence-electron chi connectivity index (χ4n) is 3.99. The first-order valence-electron chi connectivity index (χ1n) is 10.7. The summed E-state index contributed by atoms with van der Waals surface area (Å²) in [5, 5.41) is 13.3. The number of amides is 1. The molecule has 0 aliphatic carbocycles. The van der Waals surface area contributed by atoms with E-state index in [-0.39, 0.29) is 5.57 Å². The second-order valence-corrected chi connectivity index (χ2v) is 7.54. The van der Waals surface area contributed by atoms with Gasteiger partial charge in [-0.05, 0) is 49.2 Å². The minimum absolute atomic E-state index is 0.00319. The van der Waals surface area contributed by atoms with Crippen LogP contribution in [0.5, 0.6) is 5.75 Å². The molecule has 0 bridgehead atoms. The number of likely N-dealkylation sites (tertiary alicyclic amines) is 1. The Balaban J connectivity index is 1.98. The molecule has 1 atom stereocenters. The molecule has 164 valence electrons. The number of carbonyl (C=O) groups excluding carboxylic acids is 2. The molecule has 0 radical (unpaired) electrons. The predicted octanol–water partition coefficient (Wildman–Crippen LogP) is 0.629. The van der Waals surface area contributed by atoms with Gasteiger partial charge in [0.25, 0.3) is 5.91 Å². The van der Waals surface area contributed by atoms with Crippen LogP contribution in [0.2, 0.25) is 0 Å². The lowest BCUT2D eigenvalue weighted by molar-refractivity contribution is -0.896. The summed E-state index contributed by atoms with van der Waals surface area (Å²) >= 11 is 0. The normalized spacial score (nSPS) is 18.1. The summed E-state index contributed by atoms with van der Waals surface area (Å²) in [6, 6.07) is 9.36. The zero-order chi connectivity index (χ0) is 22.4. The van der Waals surface area contributed by atoms with Gasteiger partial charge in [-0.25, -0.2) is 0 Å². The van der Waals surface area contributed by atoms with Crippen molar-refractivity contribution in [3.05, 3.63) is 65.5 Å². The number of ketones is 1. The number of carbonyl (C=O) groups is 2. The van der Waals surface area contributed by atoms with Crippen molar-refractivity contribution >= 4 is 17.4 Å². The Hall–Kier alpha value is -3.19. The van der Waals surface area contributed by atoms with Gasteiger partial charge in [-0.1, -0.05) is 17.9 Å². The second kappa shape index (κ2) is 10.2. The molecule has 1 aromatic carbocycles. The first kappa shape index (κ1) is 22.5. The van der Waals surface area contributed by atoms with Gasteiger partial charge in [-0.15, -0.1) is 0 Å². The average molecular weight is 424 g/mol. The maximum Gasteiger partial charge on any atom is 0.295 e. The summed E-state index contributed by atoms with van der Waals surface area (Å²) in [4.78, 5) is 32.9. The average Bonchev–Trinajstić information content (AvgIpc) is 3.07. The number of ether oxygens (including phenoxy) is 1. The molecule has 1 aliphatic rings. The number of aromatic nitrogens is 1. The highest BCUT2D eigenvalue weighted by Crippen LogP contribution is 2.38. The van der Waals surface area contributed by atoms with Crippen molar-refractivity contribution in [3.8, 4) is 5.75 Å². The Morgan fingerprint density at radius 2 is 1.74 bits per heavy atom. The topological polar surface area (TPSA) is 87.0 Å². The van der Waals surface area contributed by atoms with Crippen molar-refractivity contribution in [1.82, 2.24) is 9.88 Å². The SMILES string of the molecule is CC[NH+](CC)CCCN1C(=O)C(=O)C(=C([O-])c2ccc(OC)cc2)C1c1ccncc1. The minimum atomic E-state index is -0.724. The number of nitrogens with one attached hydrogen (secondary N) is 1. The number of Topliss-reactive ketones (excluding diaryl/α,β-unsaturated/α-hetero) is 1. The molecule has 2 aromatic rings. The van der Waals surface area contributed by atoms with Crippen LogP contribution in [0.25, 0.3) is 5.76 Å². The van der Waals surface area contributed by atoms with Crippen LogP contribution < -0.4 is 14.7 Å². The second-order valence-electron chi connectivity index (χ2n) is 7.54. The molecule has 2 heterocycles. The van der Waals surface area contributed by atoms with E-state index >= 15 is 0 Å². The smallest absolute Gasteiger partial charge is 0.295 e. The molecule has 1 amide bonds. The van der Waals surface area contributed by atoms with E-state index in [0.29, 0.717) is 23.4 Å². The number of methoxy groups -OCH3 is 1. The Labute approximate surface area is 183 Å². The van der Waals surface area contributed by atoms with Crippen LogP contribution in [0.15, 0.2) is 54.4 Å². The van der Waals surface area contributed by atoms with E-state index in [1.54, 1.807) is 55.9 Å². The molecule has 0 saturated carbocycles. The van der Waals surface area contributed by atoms with Crippen LogP contribution in [0.1, 0.15) is 37.4 Å². The third-order valence-electron chi connectivity index (χ3n) is 5.83. The fourth-order valence-corrected chi connectivity index (χ4v) is 3.99. The number of rotatable bonds is 9. The van der Waals surface area contributed by atoms with Crippen molar-refractivity contribution < 1.29 is 24.3 Å². The standard InChI is InChI=1S/C24H29N3O4/c1-4-26(5-2)15-6-16-27-21(17-11-13-25-14-12-17)20(23(29)24(27)30)22(28)18-7-9-19(31-3)10-8-18/h7-14,21,28H,4-6,15-16H2,1-3H3. The summed E-state index contributed by atoms with van der Waals surface area (Å²) in [5.74, 6) is -1.16. The Morgan fingerprint density at radius 3 is 2.32 bits per heavy atom. The van der Waals surface area contributed by atoms with Gasteiger partial charge in [0.05, 0.1) is 32.8 Å². The van der Waals surface area contributed by atoms with Gasteiger partial charge >= 0.3 is 0 Å². The number of pyridine rings is 1. The van der Waals surface area contributed by atoms with E-state index in [9.17, 15) is 14.7 Å². The maximum atomic E-state index is 13.3. The molecule has 3 rings (SSSR count). The van der Waals surface area contributed by atoms with E-state index < -0.39 is 23.5 Å². The molecular weight excluding hydrogens is 394 g/mol. The third kappa shape index (κ3) is 4.77. The molecule has 1 N–H and O–H groups in total. The van der Waals surface area contributed by atoms with E-state index in [4.69, 9.17) is 4.74 Å². The minimum Gasteiger partial charge on any atom is -0.872 e. The fraction of sp³-hybridized carbons (Fsp3) is 0.375. The maximum absolute atomic E-state index is 13.3. The zero-order valence-corrected chi connectivity index (χ0v) is 18.3. The van der Waals surface area contributed by atoms with Gasteiger partial charge in [-0.3, -0.25) is 14.6 Å². The van der Waals surface area contributed by atoms with Crippen molar-refractivity contribution in [2.24, 2.45) is 0 Å². The largest absolute Gasteiger partial charge is 0.872 e. The summed E-state index contributed by atoms with van der Waals surface area (Å²) in [6.07, 6.45) is 3.97. The number of hydrogen-bond donors (Lipinski definition) is 1. The number of nitrogens with zero attached hydrogens (tertiary/aromatic N) is 2. The molecular formula is C24H29N3O4. The Kier molecular flexibility index (Phi) is 7.41. The molecule has 1 aromatic heterocycles. The first-order chi connectivity index (χ1) is 15.0. The van der Waals surface area contributed by atoms with E-state index in [1.807, 2.05) is 0 Å². The van der Waals surface area contributed by atoms with Crippen LogP contribution >= 0.6 is 0 Å². The van der Waals surface area contributed by atoms with Crippen molar-refractivity contribution in [2.75, 3.05) is 33.3 Å². The zero-order valence-electron chi connectivity index (χ0n) is 18.3. The molecule has 7 heteroatoms. The summed E-state index contributed by atoms with van der Waals surface area (Å²) in [7, 11) is 1.54. The van der Waals surface area contributed by atoms with Gasteiger partial charge in [0, 0.05) is 30.9 Å². The van der Waals surface area contributed by atoms with Crippen molar-refractivity contribution in [1.29, 1.82) is 0 Å². The van der Waals surface area contributed by atoms with Crippen LogP contribution in [0.3, 0.4) is 0 Å². The highest BCUT2D eigenvalue weighted by atomic mass is 16.5.